The first-order valence-electron chi connectivity index (χ1n) is 8.77. The lowest BCUT2D eigenvalue weighted by molar-refractivity contribution is 0.455. The Bertz CT molecular complexity index is 1240. The maximum absolute atomic E-state index is 6.05. The number of benzene rings is 3. The highest BCUT2D eigenvalue weighted by atomic mass is 16.5. The van der Waals surface area contributed by atoms with Crippen LogP contribution in [0, 0.1) is 6.92 Å². The highest BCUT2D eigenvalue weighted by Crippen LogP contribution is 2.34. The van der Waals surface area contributed by atoms with Gasteiger partial charge in [-0.2, -0.15) is 4.98 Å². The van der Waals surface area contributed by atoms with E-state index in [1.165, 1.54) is 5.56 Å². The Kier molecular flexibility index (Phi) is 3.61. The normalized spacial score (nSPS) is 11.1. The Hall–Kier alpha value is -3.66. The average molecular weight is 352 g/mol. The molecule has 3 aromatic carbocycles. The first-order chi connectivity index (χ1) is 13.3. The standard InChI is InChI=1S/C23H16N2O2/c1-15-24-21-19-9-5-6-10-20(19)27-22(21)23(25-15)26-18-13-11-17(12-14-18)16-7-3-2-4-8-16/h2-14H,1H3. The van der Waals surface area contributed by atoms with Crippen molar-refractivity contribution < 1.29 is 9.15 Å². The molecule has 0 saturated carbocycles. The van der Waals surface area contributed by atoms with Crippen molar-refractivity contribution in [2.24, 2.45) is 0 Å². The zero-order valence-corrected chi connectivity index (χ0v) is 14.7. The maximum Gasteiger partial charge on any atom is 0.267 e. The number of aromatic nitrogens is 2. The molecule has 0 aliphatic rings. The van der Waals surface area contributed by atoms with Gasteiger partial charge in [-0.25, -0.2) is 4.98 Å². The van der Waals surface area contributed by atoms with Crippen LogP contribution in [0.1, 0.15) is 5.82 Å². The minimum atomic E-state index is 0.432. The van der Waals surface area contributed by atoms with Gasteiger partial charge in [0.05, 0.1) is 0 Å². The number of aryl methyl sites for hydroxylation is 1. The van der Waals surface area contributed by atoms with Crippen LogP contribution < -0.4 is 4.74 Å². The van der Waals surface area contributed by atoms with Gasteiger partial charge in [-0.05, 0) is 42.3 Å². The van der Waals surface area contributed by atoms with E-state index < -0.39 is 0 Å². The second-order valence-corrected chi connectivity index (χ2v) is 6.34. The lowest BCUT2D eigenvalue weighted by atomic mass is 10.1. The summed E-state index contributed by atoms with van der Waals surface area (Å²) in [5.41, 5.74) is 4.41. The smallest absolute Gasteiger partial charge is 0.267 e. The predicted molar refractivity (Wildman–Crippen MR) is 106 cm³/mol. The topological polar surface area (TPSA) is 48.2 Å². The van der Waals surface area contributed by atoms with E-state index >= 15 is 0 Å². The molecule has 0 aliphatic carbocycles. The number of nitrogens with zero attached hydrogens (tertiary/aromatic N) is 2. The molecule has 0 fully saturated rings. The molecule has 27 heavy (non-hydrogen) atoms. The number of furan rings is 1. The Morgan fingerprint density at radius 2 is 1.44 bits per heavy atom. The van der Waals surface area contributed by atoms with Crippen LogP contribution in [-0.4, -0.2) is 9.97 Å². The van der Waals surface area contributed by atoms with Crippen LogP contribution in [0.4, 0.5) is 0 Å². The number of rotatable bonds is 3. The van der Waals surface area contributed by atoms with Crippen LogP contribution in [-0.2, 0) is 0 Å². The third-order valence-corrected chi connectivity index (χ3v) is 4.48. The zero-order chi connectivity index (χ0) is 18.2. The summed E-state index contributed by atoms with van der Waals surface area (Å²) in [6, 6.07) is 26.0. The Morgan fingerprint density at radius 3 is 2.26 bits per heavy atom. The number of ether oxygens (including phenoxy) is 1. The Labute approximate surface area is 156 Å². The third-order valence-electron chi connectivity index (χ3n) is 4.48. The summed E-state index contributed by atoms with van der Waals surface area (Å²) >= 11 is 0. The van der Waals surface area contributed by atoms with Crippen molar-refractivity contribution in [3.8, 4) is 22.8 Å². The minimum absolute atomic E-state index is 0.432. The molecule has 0 unspecified atom stereocenters. The molecule has 130 valence electrons. The minimum Gasteiger partial charge on any atom is -0.449 e. The van der Waals surface area contributed by atoms with Crippen molar-refractivity contribution in [3.05, 3.63) is 84.7 Å². The van der Waals surface area contributed by atoms with E-state index in [4.69, 9.17) is 9.15 Å². The van der Waals surface area contributed by atoms with Crippen molar-refractivity contribution in [1.82, 2.24) is 9.97 Å². The second-order valence-electron chi connectivity index (χ2n) is 6.34. The molecule has 0 atom stereocenters. The quantitative estimate of drug-likeness (QED) is 0.391. The van der Waals surface area contributed by atoms with Gasteiger partial charge in [0.15, 0.2) is 0 Å². The number of fused-ring (bicyclic) bond motifs is 3. The fraction of sp³-hybridized carbons (Fsp3) is 0.0435. The molecular formula is C23H16N2O2. The van der Waals surface area contributed by atoms with Crippen LogP contribution in [0.15, 0.2) is 83.3 Å². The summed E-state index contributed by atoms with van der Waals surface area (Å²) in [6.07, 6.45) is 0. The molecule has 2 heterocycles. The molecule has 0 aliphatic heterocycles. The van der Waals surface area contributed by atoms with Gasteiger partial charge in [-0.15, -0.1) is 0 Å². The van der Waals surface area contributed by atoms with Crippen LogP contribution in [0.25, 0.3) is 33.2 Å². The fourth-order valence-electron chi connectivity index (χ4n) is 3.20. The highest BCUT2D eigenvalue weighted by Gasteiger charge is 2.16. The number of hydrogen-bond donors (Lipinski definition) is 0. The number of para-hydroxylation sites is 1. The van der Waals surface area contributed by atoms with E-state index in [-0.39, 0.29) is 0 Å². The van der Waals surface area contributed by atoms with Crippen LogP contribution >= 0.6 is 0 Å². The van der Waals surface area contributed by atoms with Gasteiger partial charge in [0.2, 0.25) is 5.58 Å². The largest absolute Gasteiger partial charge is 0.449 e. The third kappa shape index (κ3) is 2.81. The molecule has 0 radical (unpaired) electrons. The summed E-state index contributed by atoms with van der Waals surface area (Å²) in [5, 5.41) is 0.960. The van der Waals surface area contributed by atoms with Gasteiger partial charge < -0.3 is 9.15 Å². The summed E-state index contributed by atoms with van der Waals surface area (Å²) in [5.74, 6) is 1.78. The van der Waals surface area contributed by atoms with E-state index in [9.17, 15) is 0 Å². The maximum atomic E-state index is 6.05. The van der Waals surface area contributed by atoms with E-state index in [0.717, 1.165) is 22.0 Å². The molecule has 4 nitrogen and oxygen atoms in total. The van der Waals surface area contributed by atoms with Crippen LogP contribution in [0.3, 0.4) is 0 Å². The zero-order valence-electron chi connectivity index (χ0n) is 14.7. The van der Waals surface area contributed by atoms with Crippen molar-refractivity contribution in [2.45, 2.75) is 6.92 Å². The van der Waals surface area contributed by atoms with Gasteiger partial charge in [0.25, 0.3) is 5.88 Å². The first-order valence-corrected chi connectivity index (χ1v) is 8.77. The Balaban J connectivity index is 1.54. The summed E-state index contributed by atoms with van der Waals surface area (Å²) in [7, 11) is 0. The molecule has 0 spiro atoms. The van der Waals surface area contributed by atoms with Crippen LogP contribution in [0.2, 0.25) is 0 Å². The van der Waals surface area contributed by atoms with Gasteiger partial charge in [-0.1, -0.05) is 54.6 Å². The van der Waals surface area contributed by atoms with E-state index in [1.54, 1.807) is 0 Å². The van der Waals surface area contributed by atoms with Crippen molar-refractivity contribution in [2.75, 3.05) is 0 Å². The summed E-state index contributed by atoms with van der Waals surface area (Å²) in [6.45, 7) is 1.85. The second kappa shape index (κ2) is 6.25. The molecule has 0 N–H and O–H groups in total. The fourth-order valence-corrected chi connectivity index (χ4v) is 3.20. The van der Waals surface area contributed by atoms with Gasteiger partial charge in [0.1, 0.15) is 22.7 Å². The van der Waals surface area contributed by atoms with E-state index in [0.29, 0.717) is 23.0 Å². The molecule has 2 aromatic heterocycles. The summed E-state index contributed by atoms with van der Waals surface area (Å²) in [4.78, 5) is 8.98. The molecular weight excluding hydrogens is 336 g/mol. The average Bonchev–Trinajstić information content (AvgIpc) is 3.08. The van der Waals surface area contributed by atoms with E-state index in [2.05, 4.69) is 22.1 Å². The van der Waals surface area contributed by atoms with Gasteiger partial charge >= 0.3 is 0 Å². The molecule has 0 saturated heterocycles. The Morgan fingerprint density at radius 1 is 0.741 bits per heavy atom. The predicted octanol–water partition coefficient (Wildman–Crippen LogP) is 6.14. The van der Waals surface area contributed by atoms with Crippen molar-refractivity contribution in [1.29, 1.82) is 0 Å². The monoisotopic (exact) mass is 352 g/mol. The lowest BCUT2D eigenvalue weighted by Gasteiger charge is -2.07. The SMILES string of the molecule is Cc1nc(Oc2ccc(-c3ccccc3)cc2)c2oc3ccccc3c2n1. The first kappa shape index (κ1) is 15.6. The highest BCUT2D eigenvalue weighted by molar-refractivity contribution is 6.03. The van der Waals surface area contributed by atoms with Crippen molar-refractivity contribution >= 4 is 22.1 Å². The lowest BCUT2D eigenvalue weighted by Crippen LogP contribution is -1.94. The molecule has 5 rings (SSSR count). The van der Waals surface area contributed by atoms with E-state index in [1.807, 2.05) is 73.7 Å². The molecule has 5 aromatic rings. The van der Waals surface area contributed by atoms with Crippen molar-refractivity contribution in [3.63, 3.8) is 0 Å². The molecule has 0 bridgehead atoms. The van der Waals surface area contributed by atoms with Gasteiger partial charge in [-0.3, -0.25) is 0 Å². The summed E-state index contributed by atoms with van der Waals surface area (Å²) < 4.78 is 12.0. The molecule has 4 heteroatoms. The number of hydrogen-bond acceptors (Lipinski definition) is 4. The van der Waals surface area contributed by atoms with Crippen LogP contribution in [0.5, 0.6) is 11.6 Å². The molecule has 0 amide bonds. The van der Waals surface area contributed by atoms with Gasteiger partial charge in [0, 0.05) is 5.39 Å².